The van der Waals surface area contributed by atoms with Crippen LogP contribution in [0.4, 0.5) is 13.2 Å². The molecular weight excluding hydrogens is 267 g/mol. The Balaban J connectivity index is 1.97. The normalized spacial score (nSPS) is 16.1. The topological polar surface area (TPSA) is 36.4 Å². The molecule has 0 radical (unpaired) electrons. The fourth-order valence-corrected chi connectivity index (χ4v) is 1.71. The molecule has 0 spiro atoms. The summed E-state index contributed by atoms with van der Waals surface area (Å²) in [5.41, 5.74) is 0.124. The standard InChI is InChI=1S/C14H18F3N3/c1-2-18-13(20-12-7-8-12)19-9-10-3-5-11(6-4-10)14(15,16)17/h3-6,12H,2,7-9H2,1H3,(H2,18,19,20). The van der Waals surface area contributed by atoms with Crippen LogP contribution in [0.5, 0.6) is 0 Å². The van der Waals surface area contributed by atoms with E-state index >= 15 is 0 Å². The van der Waals surface area contributed by atoms with E-state index in [2.05, 4.69) is 15.6 Å². The number of nitrogens with zero attached hydrogens (tertiary/aromatic N) is 1. The molecule has 0 amide bonds. The molecule has 0 saturated heterocycles. The number of alkyl halides is 3. The molecule has 2 rings (SSSR count). The van der Waals surface area contributed by atoms with Crippen LogP contribution in [0.2, 0.25) is 0 Å². The summed E-state index contributed by atoms with van der Waals surface area (Å²) in [6.45, 7) is 3.09. The largest absolute Gasteiger partial charge is 0.416 e. The van der Waals surface area contributed by atoms with Crippen molar-refractivity contribution in [1.82, 2.24) is 10.6 Å². The van der Waals surface area contributed by atoms with Crippen LogP contribution in [-0.2, 0) is 12.7 Å². The van der Waals surface area contributed by atoms with Crippen LogP contribution in [0.3, 0.4) is 0 Å². The van der Waals surface area contributed by atoms with Crippen molar-refractivity contribution >= 4 is 5.96 Å². The fourth-order valence-electron chi connectivity index (χ4n) is 1.71. The Hall–Kier alpha value is -1.72. The highest BCUT2D eigenvalue weighted by atomic mass is 19.4. The van der Waals surface area contributed by atoms with E-state index in [0.717, 1.165) is 43.0 Å². The van der Waals surface area contributed by atoms with Gasteiger partial charge in [-0.15, -0.1) is 0 Å². The summed E-state index contributed by atoms with van der Waals surface area (Å²) in [5, 5.41) is 6.38. The van der Waals surface area contributed by atoms with Gasteiger partial charge in [0.25, 0.3) is 0 Å². The number of hydrogen-bond acceptors (Lipinski definition) is 1. The van der Waals surface area contributed by atoms with Gasteiger partial charge in [0.1, 0.15) is 0 Å². The van der Waals surface area contributed by atoms with Crippen LogP contribution in [0.15, 0.2) is 29.3 Å². The maximum absolute atomic E-state index is 12.4. The lowest BCUT2D eigenvalue weighted by molar-refractivity contribution is -0.137. The molecule has 0 aromatic heterocycles. The molecule has 3 nitrogen and oxygen atoms in total. The van der Waals surface area contributed by atoms with E-state index < -0.39 is 11.7 Å². The molecule has 1 saturated carbocycles. The van der Waals surface area contributed by atoms with Crippen molar-refractivity contribution in [3.8, 4) is 0 Å². The van der Waals surface area contributed by atoms with Gasteiger partial charge in [-0.25, -0.2) is 4.99 Å². The van der Waals surface area contributed by atoms with Gasteiger partial charge in [0.15, 0.2) is 5.96 Å². The monoisotopic (exact) mass is 285 g/mol. The first kappa shape index (κ1) is 14.7. The van der Waals surface area contributed by atoms with Gasteiger partial charge in [-0.3, -0.25) is 0 Å². The summed E-state index contributed by atoms with van der Waals surface area (Å²) in [5.74, 6) is 0.717. The Labute approximate surface area is 116 Å². The zero-order chi connectivity index (χ0) is 14.6. The lowest BCUT2D eigenvalue weighted by Crippen LogP contribution is -2.38. The molecule has 110 valence electrons. The number of guanidine groups is 1. The van der Waals surface area contributed by atoms with Crippen LogP contribution in [0.25, 0.3) is 0 Å². The first-order valence-corrected chi connectivity index (χ1v) is 6.70. The second-order valence-corrected chi connectivity index (χ2v) is 4.81. The fraction of sp³-hybridized carbons (Fsp3) is 0.500. The highest BCUT2D eigenvalue weighted by molar-refractivity contribution is 5.80. The molecule has 0 bridgehead atoms. The van der Waals surface area contributed by atoms with E-state index in [1.54, 1.807) is 0 Å². The minimum Gasteiger partial charge on any atom is -0.357 e. The van der Waals surface area contributed by atoms with Gasteiger partial charge in [-0.05, 0) is 37.5 Å². The van der Waals surface area contributed by atoms with E-state index in [1.165, 1.54) is 12.1 Å². The minimum atomic E-state index is -4.29. The zero-order valence-electron chi connectivity index (χ0n) is 11.3. The molecule has 20 heavy (non-hydrogen) atoms. The van der Waals surface area contributed by atoms with Crippen LogP contribution in [0, 0.1) is 0 Å². The average molecular weight is 285 g/mol. The van der Waals surface area contributed by atoms with Crippen molar-refractivity contribution in [1.29, 1.82) is 0 Å². The number of rotatable bonds is 4. The highest BCUT2D eigenvalue weighted by Gasteiger charge is 2.29. The maximum atomic E-state index is 12.4. The lowest BCUT2D eigenvalue weighted by Gasteiger charge is -2.10. The molecular formula is C14H18F3N3. The van der Waals surface area contributed by atoms with Crippen molar-refractivity contribution in [3.05, 3.63) is 35.4 Å². The number of halogens is 3. The summed E-state index contributed by atoms with van der Waals surface area (Å²) >= 11 is 0. The molecule has 1 aromatic carbocycles. The van der Waals surface area contributed by atoms with Crippen molar-refractivity contribution in [2.45, 2.75) is 38.5 Å². The van der Waals surface area contributed by atoms with Gasteiger partial charge in [-0.1, -0.05) is 12.1 Å². The van der Waals surface area contributed by atoms with E-state index in [4.69, 9.17) is 0 Å². The first-order valence-electron chi connectivity index (χ1n) is 6.70. The van der Waals surface area contributed by atoms with E-state index in [1.807, 2.05) is 6.92 Å². The number of nitrogens with one attached hydrogen (secondary N) is 2. The Morgan fingerprint density at radius 2 is 1.90 bits per heavy atom. The summed E-state index contributed by atoms with van der Waals surface area (Å²) in [6.07, 6.45) is -2.00. The average Bonchev–Trinajstić information content (AvgIpc) is 3.20. The van der Waals surface area contributed by atoms with Gasteiger partial charge in [0.05, 0.1) is 12.1 Å². The predicted molar refractivity (Wildman–Crippen MR) is 72.4 cm³/mol. The first-order chi connectivity index (χ1) is 9.49. The van der Waals surface area contributed by atoms with Crippen molar-refractivity contribution in [2.75, 3.05) is 6.54 Å². The number of benzene rings is 1. The van der Waals surface area contributed by atoms with Crippen molar-refractivity contribution in [3.63, 3.8) is 0 Å². The molecule has 1 fully saturated rings. The van der Waals surface area contributed by atoms with Crippen LogP contribution < -0.4 is 10.6 Å². The minimum absolute atomic E-state index is 0.361. The Bertz CT molecular complexity index is 462. The summed E-state index contributed by atoms with van der Waals surface area (Å²) in [7, 11) is 0. The number of hydrogen-bond donors (Lipinski definition) is 2. The second kappa shape index (κ2) is 6.15. The summed E-state index contributed by atoms with van der Waals surface area (Å²) in [6, 6.07) is 5.60. The third kappa shape index (κ3) is 4.43. The molecule has 0 aliphatic heterocycles. The van der Waals surface area contributed by atoms with E-state index in [0.29, 0.717) is 12.6 Å². The van der Waals surface area contributed by atoms with Gasteiger partial charge in [-0.2, -0.15) is 13.2 Å². The molecule has 0 heterocycles. The smallest absolute Gasteiger partial charge is 0.357 e. The van der Waals surface area contributed by atoms with E-state index in [-0.39, 0.29) is 0 Å². The highest BCUT2D eigenvalue weighted by Crippen LogP contribution is 2.29. The lowest BCUT2D eigenvalue weighted by atomic mass is 10.1. The SMILES string of the molecule is CCNC(=NCc1ccc(C(F)(F)F)cc1)NC1CC1. The molecule has 1 aliphatic carbocycles. The molecule has 0 atom stereocenters. The van der Waals surface area contributed by atoms with Gasteiger partial charge < -0.3 is 10.6 Å². The predicted octanol–water partition coefficient (Wildman–Crippen LogP) is 2.92. The van der Waals surface area contributed by atoms with Crippen LogP contribution >= 0.6 is 0 Å². The van der Waals surface area contributed by atoms with Gasteiger partial charge in [0.2, 0.25) is 0 Å². The number of aliphatic imine (C=N–C) groups is 1. The molecule has 6 heteroatoms. The Kier molecular flexibility index (Phi) is 4.52. The third-order valence-corrected chi connectivity index (χ3v) is 2.96. The molecule has 0 unspecified atom stereocenters. The van der Waals surface area contributed by atoms with Crippen LogP contribution in [-0.4, -0.2) is 18.5 Å². The molecule has 1 aliphatic rings. The quantitative estimate of drug-likeness (QED) is 0.659. The van der Waals surface area contributed by atoms with Gasteiger partial charge in [0, 0.05) is 12.6 Å². The Morgan fingerprint density at radius 1 is 1.25 bits per heavy atom. The molecule has 2 N–H and O–H groups in total. The van der Waals surface area contributed by atoms with Crippen molar-refractivity contribution < 1.29 is 13.2 Å². The third-order valence-electron chi connectivity index (χ3n) is 2.96. The second-order valence-electron chi connectivity index (χ2n) is 4.81. The van der Waals surface area contributed by atoms with E-state index in [9.17, 15) is 13.2 Å². The van der Waals surface area contributed by atoms with Gasteiger partial charge >= 0.3 is 6.18 Å². The Morgan fingerprint density at radius 3 is 2.40 bits per heavy atom. The summed E-state index contributed by atoms with van der Waals surface area (Å²) in [4.78, 5) is 4.37. The summed E-state index contributed by atoms with van der Waals surface area (Å²) < 4.78 is 37.3. The maximum Gasteiger partial charge on any atom is 0.416 e. The zero-order valence-corrected chi connectivity index (χ0v) is 11.3. The van der Waals surface area contributed by atoms with Crippen LogP contribution in [0.1, 0.15) is 30.9 Å². The molecule has 1 aromatic rings. The van der Waals surface area contributed by atoms with Crippen molar-refractivity contribution in [2.24, 2.45) is 4.99 Å².